The van der Waals surface area contributed by atoms with Crippen LogP contribution in [0.15, 0.2) is 24.2 Å². The fourth-order valence-corrected chi connectivity index (χ4v) is 2.59. The molecule has 1 aliphatic carbocycles. The van der Waals surface area contributed by atoms with Gasteiger partial charge in [0, 0.05) is 5.92 Å². The lowest BCUT2D eigenvalue weighted by Gasteiger charge is -2.28. The van der Waals surface area contributed by atoms with Crippen molar-refractivity contribution < 1.29 is 4.74 Å². The van der Waals surface area contributed by atoms with Crippen LogP contribution in [0.2, 0.25) is 0 Å². The van der Waals surface area contributed by atoms with Crippen molar-refractivity contribution >= 4 is 0 Å². The topological polar surface area (TPSA) is 9.23 Å². The summed E-state index contributed by atoms with van der Waals surface area (Å²) in [6.45, 7) is 8.45. The first-order valence-electron chi connectivity index (χ1n) is 4.72. The molecule has 2 rings (SSSR count). The maximum Gasteiger partial charge on any atom is 0.0999 e. The number of fused-ring (bicyclic) bond motifs is 1. The van der Waals surface area contributed by atoms with Crippen LogP contribution in [-0.4, -0.2) is 0 Å². The van der Waals surface area contributed by atoms with Crippen LogP contribution in [0.25, 0.3) is 0 Å². The van der Waals surface area contributed by atoms with E-state index in [1.807, 2.05) is 6.26 Å². The lowest BCUT2D eigenvalue weighted by molar-refractivity contribution is 0.212. The highest BCUT2D eigenvalue weighted by Crippen LogP contribution is 2.46. The second kappa shape index (κ2) is 2.65. The summed E-state index contributed by atoms with van der Waals surface area (Å²) in [6.07, 6.45) is 4.51. The Morgan fingerprint density at radius 2 is 2.25 bits per heavy atom. The number of hydrogen-bond acceptors (Lipinski definition) is 1. The summed E-state index contributed by atoms with van der Waals surface area (Å²) in [4.78, 5) is 0. The summed E-state index contributed by atoms with van der Waals surface area (Å²) in [6, 6.07) is 0. The van der Waals surface area contributed by atoms with E-state index in [2.05, 4.69) is 20.4 Å². The first-order chi connectivity index (χ1) is 5.70. The van der Waals surface area contributed by atoms with Crippen LogP contribution in [0.4, 0.5) is 0 Å². The van der Waals surface area contributed by atoms with Crippen LogP contribution < -0.4 is 0 Å². The van der Waals surface area contributed by atoms with Gasteiger partial charge in [0.1, 0.15) is 0 Å². The molecule has 1 nitrogen and oxygen atoms in total. The molecule has 3 atom stereocenters. The Bertz CT molecular complexity index is 239. The number of hydrogen-bond donors (Lipinski definition) is 0. The second-order valence-electron chi connectivity index (χ2n) is 4.13. The van der Waals surface area contributed by atoms with E-state index in [0.717, 1.165) is 17.6 Å². The largest absolute Gasteiger partial charge is 0.470 e. The molecule has 1 saturated carbocycles. The molecule has 0 spiro atoms. The maximum absolute atomic E-state index is 5.42. The molecule has 12 heavy (non-hydrogen) atoms. The van der Waals surface area contributed by atoms with E-state index >= 15 is 0 Å². The molecule has 1 fully saturated rings. The molecule has 2 aliphatic rings. The van der Waals surface area contributed by atoms with Crippen LogP contribution in [0.5, 0.6) is 0 Å². The molecule has 0 saturated heterocycles. The summed E-state index contributed by atoms with van der Waals surface area (Å²) < 4.78 is 5.42. The molecule has 0 bridgehead atoms. The molecular formula is C11H16O. The zero-order valence-corrected chi connectivity index (χ0v) is 7.84. The minimum absolute atomic E-state index is 0.593. The van der Waals surface area contributed by atoms with E-state index in [9.17, 15) is 0 Å². The van der Waals surface area contributed by atoms with Gasteiger partial charge in [-0.3, -0.25) is 0 Å². The molecule has 1 heteroatoms. The third-order valence-corrected chi connectivity index (χ3v) is 3.33. The minimum atomic E-state index is 0.593. The lowest BCUT2D eigenvalue weighted by atomic mass is 9.84. The molecule has 0 aromatic carbocycles. The van der Waals surface area contributed by atoms with Crippen molar-refractivity contribution in [3.05, 3.63) is 24.2 Å². The van der Waals surface area contributed by atoms with Gasteiger partial charge in [0.2, 0.25) is 0 Å². The van der Waals surface area contributed by atoms with Crippen molar-refractivity contribution in [2.45, 2.75) is 26.7 Å². The van der Waals surface area contributed by atoms with Gasteiger partial charge in [0.25, 0.3) is 0 Å². The van der Waals surface area contributed by atoms with Crippen molar-refractivity contribution in [3.8, 4) is 0 Å². The van der Waals surface area contributed by atoms with Crippen LogP contribution in [0, 0.1) is 17.8 Å². The number of ether oxygens (including phenoxy) is 1. The van der Waals surface area contributed by atoms with E-state index in [0.29, 0.717) is 5.92 Å². The molecule has 0 aromatic heterocycles. The summed E-state index contributed by atoms with van der Waals surface area (Å²) in [7, 11) is 0. The van der Waals surface area contributed by atoms with E-state index in [4.69, 9.17) is 4.74 Å². The van der Waals surface area contributed by atoms with Crippen molar-refractivity contribution in [3.63, 3.8) is 0 Å². The molecule has 1 aliphatic heterocycles. The van der Waals surface area contributed by atoms with Gasteiger partial charge in [-0.1, -0.05) is 13.5 Å². The fourth-order valence-electron chi connectivity index (χ4n) is 2.59. The highest BCUT2D eigenvalue weighted by Gasteiger charge is 2.39. The SMILES string of the molecule is C=C1OC=C(C)C2CC[C@H](C)C12. The van der Waals surface area contributed by atoms with Crippen molar-refractivity contribution in [1.82, 2.24) is 0 Å². The smallest absolute Gasteiger partial charge is 0.0999 e. The van der Waals surface area contributed by atoms with Crippen molar-refractivity contribution in [1.29, 1.82) is 0 Å². The van der Waals surface area contributed by atoms with Crippen LogP contribution in [0.1, 0.15) is 26.7 Å². The average Bonchev–Trinajstić information content (AvgIpc) is 2.42. The first kappa shape index (κ1) is 7.90. The minimum Gasteiger partial charge on any atom is -0.470 e. The zero-order chi connectivity index (χ0) is 8.72. The molecule has 2 unspecified atom stereocenters. The van der Waals surface area contributed by atoms with Crippen molar-refractivity contribution in [2.75, 3.05) is 0 Å². The number of allylic oxidation sites excluding steroid dienone is 2. The first-order valence-corrected chi connectivity index (χ1v) is 4.72. The van der Waals surface area contributed by atoms with Gasteiger partial charge in [0.15, 0.2) is 0 Å². The van der Waals surface area contributed by atoms with Gasteiger partial charge in [-0.2, -0.15) is 0 Å². The summed E-state index contributed by atoms with van der Waals surface area (Å²) in [5.41, 5.74) is 1.40. The van der Waals surface area contributed by atoms with Gasteiger partial charge < -0.3 is 4.74 Å². The zero-order valence-electron chi connectivity index (χ0n) is 7.84. The molecule has 0 aromatic rings. The molecular weight excluding hydrogens is 148 g/mol. The Labute approximate surface area is 74.1 Å². The van der Waals surface area contributed by atoms with Gasteiger partial charge in [-0.25, -0.2) is 0 Å². The lowest BCUT2D eigenvalue weighted by Crippen LogP contribution is -2.20. The quantitative estimate of drug-likeness (QED) is 0.534. The van der Waals surface area contributed by atoms with Gasteiger partial charge >= 0.3 is 0 Å². The Morgan fingerprint density at radius 3 is 2.92 bits per heavy atom. The van der Waals surface area contributed by atoms with E-state index in [1.54, 1.807) is 0 Å². The molecule has 0 N–H and O–H groups in total. The Morgan fingerprint density at radius 1 is 1.50 bits per heavy atom. The predicted molar refractivity (Wildman–Crippen MR) is 49.4 cm³/mol. The van der Waals surface area contributed by atoms with Gasteiger partial charge in [-0.15, -0.1) is 0 Å². The average molecular weight is 164 g/mol. The Balaban J connectivity index is 2.29. The highest BCUT2D eigenvalue weighted by atomic mass is 16.5. The molecule has 0 radical (unpaired) electrons. The van der Waals surface area contributed by atoms with Crippen molar-refractivity contribution in [2.24, 2.45) is 17.8 Å². The second-order valence-corrected chi connectivity index (χ2v) is 4.13. The third kappa shape index (κ3) is 0.996. The molecule has 66 valence electrons. The van der Waals surface area contributed by atoms with E-state index in [1.165, 1.54) is 18.4 Å². The van der Waals surface area contributed by atoms with Crippen LogP contribution >= 0.6 is 0 Å². The van der Waals surface area contributed by atoms with E-state index in [-0.39, 0.29) is 0 Å². The maximum atomic E-state index is 5.42. The summed E-state index contributed by atoms with van der Waals surface area (Å²) >= 11 is 0. The number of rotatable bonds is 0. The summed E-state index contributed by atoms with van der Waals surface area (Å²) in [5, 5.41) is 0. The van der Waals surface area contributed by atoms with Crippen LogP contribution in [0.3, 0.4) is 0 Å². The van der Waals surface area contributed by atoms with E-state index < -0.39 is 0 Å². The Kier molecular flexibility index (Phi) is 1.75. The highest BCUT2D eigenvalue weighted by molar-refractivity contribution is 5.17. The normalized spacial score (nSPS) is 40.3. The predicted octanol–water partition coefficient (Wildman–Crippen LogP) is 3.10. The summed E-state index contributed by atoms with van der Waals surface area (Å²) in [5.74, 6) is 3.05. The van der Waals surface area contributed by atoms with Gasteiger partial charge in [0.05, 0.1) is 12.0 Å². The fraction of sp³-hybridized carbons (Fsp3) is 0.636. The third-order valence-electron chi connectivity index (χ3n) is 3.33. The molecule has 1 heterocycles. The monoisotopic (exact) mass is 164 g/mol. The Hall–Kier alpha value is -0.720. The van der Waals surface area contributed by atoms with Crippen LogP contribution in [-0.2, 0) is 4.74 Å². The molecule has 0 amide bonds. The van der Waals surface area contributed by atoms with Gasteiger partial charge in [-0.05, 0) is 37.2 Å². The standard InChI is InChI=1S/C11H16O/c1-7-4-5-10-8(2)6-12-9(3)11(7)10/h6-7,10-11H,3-5H2,1-2H3/t7-,10?,11?/m0/s1.